The fraction of sp³-hybridized carbons (Fsp3) is 0.333. The van der Waals surface area contributed by atoms with Crippen LogP contribution in [0.15, 0.2) is 6.07 Å². The molecule has 3 nitrogen and oxygen atoms in total. The van der Waals surface area contributed by atoms with Crippen LogP contribution in [-0.4, -0.2) is 17.1 Å². The van der Waals surface area contributed by atoms with E-state index in [2.05, 4.69) is 4.98 Å². The number of hydrogen-bond donors (Lipinski definition) is 0. The van der Waals surface area contributed by atoms with Crippen molar-refractivity contribution in [1.82, 2.24) is 4.98 Å². The molecular formula is C9H8Cl3NO2. The van der Waals surface area contributed by atoms with Gasteiger partial charge in [0.05, 0.1) is 16.1 Å². The van der Waals surface area contributed by atoms with Crippen LogP contribution >= 0.6 is 34.8 Å². The zero-order chi connectivity index (χ0) is 11.6. The fourth-order valence-electron chi connectivity index (χ4n) is 0.857. The van der Waals surface area contributed by atoms with Crippen molar-refractivity contribution in [2.24, 2.45) is 0 Å². The summed E-state index contributed by atoms with van der Waals surface area (Å²) in [4.78, 5) is 15.2. The van der Waals surface area contributed by atoms with E-state index in [0.29, 0.717) is 0 Å². The first kappa shape index (κ1) is 12.6. The average Bonchev–Trinajstić information content (AvgIpc) is 2.09. The maximum absolute atomic E-state index is 11.5. The second-order valence-electron chi connectivity index (χ2n) is 3.05. The lowest BCUT2D eigenvalue weighted by molar-refractivity contribution is 0.0371. The predicted octanol–water partition coefficient (Wildman–Crippen LogP) is 3.61. The normalized spacial score (nSPS) is 10.5. The van der Waals surface area contributed by atoms with Gasteiger partial charge < -0.3 is 4.74 Å². The van der Waals surface area contributed by atoms with Gasteiger partial charge in [0.15, 0.2) is 5.69 Å². The molecule has 6 heteroatoms. The highest BCUT2D eigenvalue weighted by molar-refractivity contribution is 6.42. The fourth-order valence-corrected chi connectivity index (χ4v) is 1.43. The molecule has 0 saturated heterocycles. The summed E-state index contributed by atoms with van der Waals surface area (Å²) >= 11 is 17.1. The van der Waals surface area contributed by atoms with Gasteiger partial charge in [0.1, 0.15) is 5.15 Å². The van der Waals surface area contributed by atoms with Crippen molar-refractivity contribution in [3.8, 4) is 0 Å². The van der Waals surface area contributed by atoms with Crippen molar-refractivity contribution >= 4 is 40.8 Å². The zero-order valence-corrected chi connectivity index (χ0v) is 10.3. The summed E-state index contributed by atoms with van der Waals surface area (Å²) in [5.74, 6) is -0.617. The standard InChI is InChI=1S/C9H8Cl3NO2/c1-4(2)15-9(14)7-5(10)3-6(11)8(12)13-7/h3-4H,1-2H3. The molecule has 0 N–H and O–H groups in total. The summed E-state index contributed by atoms with van der Waals surface area (Å²) in [5, 5.41) is 0.342. The van der Waals surface area contributed by atoms with Crippen LogP contribution in [0.5, 0.6) is 0 Å². The van der Waals surface area contributed by atoms with Gasteiger partial charge in [-0.2, -0.15) is 0 Å². The highest BCUT2D eigenvalue weighted by Gasteiger charge is 2.17. The second kappa shape index (κ2) is 5.01. The Morgan fingerprint density at radius 3 is 2.47 bits per heavy atom. The van der Waals surface area contributed by atoms with Crippen molar-refractivity contribution in [3.63, 3.8) is 0 Å². The topological polar surface area (TPSA) is 39.2 Å². The second-order valence-corrected chi connectivity index (χ2v) is 4.22. The Labute approximate surface area is 102 Å². The van der Waals surface area contributed by atoms with E-state index in [9.17, 15) is 4.79 Å². The van der Waals surface area contributed by atoms with E-state index in [1.807, 2.05) is 0 Å². The van der Waals surface area contributed by atoms with Gasteiger partial charge in [-0.15, -0.1) is 0 Å². The Morgan fingerprint density at radius 2 is 1.93 bits per heavy atom. The van der Waals surface area contributed by atoms with Crippen molar-refractivity contribution in [2.75, 3.05) is 0 Å². The van der Waals surface area contributed by atoms with Crippen LogP contribution in [0, 0.1) is 0 Å². The largest absolute Gasteiger partial charge is 0.458 e. The molecule has 0 radical (unpaired) electrons. The average molecular weight is 269 g/mol. The number of esters is 1. The molecular weight excluding hydrogens is 260 g/mol. The quantitative estimate of drug-likeness (QED) is 0.607. The lowest BCUT2D eigenvalue weighted by Crippen LogP contribution is -2.13. The maximum Gasteiger partial charge on any atom is 0.358 e. The number of aromatic nitrogens is 1. The van der Waals surface area contributed by atoms with Crippen molar-refractivity contribution in [2.45, 2.75) is 20.0 Å². The SMILES string of the molecule is CC(C)OC(=O)c1nc(Cl)c(Cl)cc1Cl. The number of nitrogens with zero attached hydrogens (tertiary/aromatic N) is 1. The molecule has 0 unspecified atom stereocenters. The lowest BCUT2D eigenvalue weighted by atomic mass is 10.3. The minimum absolute atomic E-state index is 0.0248. The van der Waals surface area contributed by atoms with E-state index in [1.54, 1.807) is 13.8 Å². The van der Waals surface area contributed by atoms with E-state index in [1.165, 1.54) is 6.07 Å². The van der Waals surface area contributed by atoms with Crippen molar-refractivity contribution < 1.29 is 9.53 Å². The maximum atomic E-state index is 11.5. The smallest absolute Gasteiger partial charge is 0.358 e. The molecule has 1 aromatic heterocycles. The third kappa shape index (κ3) is 3.23. The van der Waals surface area contributed by atoms with Crippen LogP contribution in [-0.2, 0) is 4.74 Å². The van der Waals surface area contributed by atoms with Gasteiger partial charge in [-0.1, -0.05) is 34.8 Å². The molecule has 1 aromatic rings. The molecule has 1 rings (SSSR count). The molecule has 15 heavy (non-hydrogen) atoms. The molecule has 82 valence electrons. The van der Waals surface area contributed by atoms with E-state index in [4.69, 9.17) is 39.5 Å². The van der Waals surface area contributed by atoms with E-state index < -0.39 is 5.97 Å². The highest BCUT2D eigenvalue weighted by Crippen LogP contribution is 2.26. The molecule has 0 aliphatic carbocycles. The number of carbonyl (C=O) groups excluding carboxylic acids is 1. The number of halogens is 3. The lowest BCUT2D eigenvalue weighted by Gasteiger charge is -2.08. The Morgan fingerprint density at radius 1 is 1.33 bits per heavy atom. The summed E-state index contributed by atoms with van der Waals surface area (Å²) in [6.45, 7) is 3.45. The number of ether oxygens (including phenoxy) is 1. The Balaban J connectivity index is 3.04. The molecule has 0 aliphatic rings. The first-order valence-corrected chi connectivity index (χ1v) is 5.27. The summed E-state index contributed by atoms with van der Waals surface area (Å²) in [6.07, 6.45) is -0.246. The van der Waals surface area contributed by atoms with Crippen LogP contribution in [0.2, 0.25) is 15.2 Å². The Hall–Kier alpha value is -0.510. The molecule has 0 atom stereocenters. The molecule has 0 fully saturated rings. The van der Waals surface area contributed by atoms with Crippen molar-refractivity contribution in [3.05, 3.63) is 27.0 Å². The first-order valence-electron chi connectivity index (χ1n) is 4.14. The van der Waals surface area contributed by atoms with Crippen LogP contribution in [0.25, 0.3) is 0 Å². The molecule has 0 aliphatic heterocycles. The Kier molecular flexibility index (Phi) is 4.20. The monoisotopic (exact) mass is 267 g/mol. The zero-order valence-electron chi connectivity index (χ0n) is 8.05. The Bertz CT molecular complexity index is 393. The summed E-state index contributed by atoms with van der Waals surface area (Å²) in [5.41, 5.74) is -0.0280. The van der Waals surface area contributed by atoms with Gasteiger partial charge in [-0.05, 0) is 19.9 Å². The van der Waals surface area contributed by atoms with Gasteiger partial charge in [0.25, 0.3) is 0 Å². The third-order valence-electron chi connectivity index (χ3n) is 1.42. The van der Waals surface area contributed by atoms with E-state index >= 15 is 0 Å². The van der Waals surface area contributed by atoms with Gasteiger partial charge in [-0.25, -0.2) is 9.78 Å². The van der Waals surface area contributed by atoms with Crippen LogP contribution < -0.4 is 0 Å². The predicted molar refractivity (Wildman–Crippen MR) is 59.8 cm³/mol. The summed E-state index contributed by atoms with van der Waals surface area (Å²) in [6, 6.07) is 1.36. The van der Waals surface area contributed by atoms with E-state index in [-0.39, 0.29) is 27.0 Å². The van der Waals surface area contributed by atoms with Crippen LogP contribution in [0.3, 0.4) is 0 Å². The highest BCUT2D eigenvalue weighted by atomic mass is 35.5. The van der Waals surface area contributed by atoms with Crippen LogP contribution in [0.4, 0.5) is 0 Å². The first-order chi connectivity index (χ1) is 6.91. The molecule has 0 saturated carbocycles. The molecule has 0 bridgehead atoms. The number of carbonyl (C=O) groups is 1. The molecule has 1 heterocycles. The third-order valence-corrected chi connectivity index (χ3v) is 2.38. The number of pyridine rings is 1. The summed E-state index contributed by atoms with van der Waals surface area (Å²) in [7, 11) is 0. The molecule has 0 spiro atoms. The van der Waals surface area contributed by atoms with Crippen molar-refractivity contribution in [1.29, 1.82) is 0 Å². The van der Waals surface area contributed by atoms with Crippen LogP contribution in [0.1, 0.15) is 24.3 Å². The molecule has 0 amide bonds. The minimum atomic E-state index is -0.617. The minimum Gasteiger partial charge on any atom is -0.458 e. The van der Waals surface area contributed by atoms with Gasteiger partial charge in [0, 0.05) is 0 Å². The number of rotatable bonds is 2. The van der Waals surface area contributed by atoms with Gasteiger partial charge >= 0.3 is 5.97 Å². The summed E-state index contributed by atoms with van der Waals surface area (Å²) < 4.78 is 4.92. The molecule has 0 aromatic carbocycles. The number of hydrogen-bond acceptors (Lipinski definition) is 3. The van der Waals surface area contributed by atoms with E-state index in [0.717, 1.165) is 0 Å². The van der Waals surface area contributed by atoms with Gasteiger partial charge in [0.2, 0.25) is 0 Å². The van der Waals surface area contributed by atoms with Gasteiger partial charge in [-0.3, -0.25) is 0 Å².